The molecule has 2 aromatic carbocycles. The number of benzene rings is 2. The first-order chi connectivity index (χ1) is 18.0. The number of anilines is 1. The number of hydrogen-bond donors (Lipinski definition) is 3. The Kier molecular flexibility index (Phi) is 8.87. The lowest BCUT2D eigenvalue weighted by Crippen LogP contribution is -2.47. The summed E-state index contributed by atoms with van der Waals surface area (Å²) in [5.74, 6) is -0.482. The minimum atomic E-state index is -4.54. The molecule has 2 aromatic rings. The summed E-state index contributed by atoms with van der Waals surface area (Å²) in [6.07, 6.45) is -4.54. The highest BCUT2D eigenvalue weighted by molar-refractivity contribution is 5.98. The number of nitrogens with one attached hydrogen (secondary N) is 3. The molecule has 0 saturated heterocycles. The van der Waals surface area contributed by atoms with Gasteiger partial charge in [0.05, 0.1) is 24.3 Å². The highest BCUT2D eigenvalue weighted by Crippen LogP contribution is 2.35. The van der Waals surface area contributed by atoms with Gasteiger partial charge in [-0.3, -0.25) is 9.59 Å². The van der Waals surface area contributed by atoms with E-state index in [1.807, 2.05) is 13.8 Å². The van der Waals surface area contributed by atoms with Crippen LogP contribution in [0.3, 0.4) is 0 Å². The molecular formula is C26H29F3N4O5. The first-order valence-electron chi connectivity index (χ1n) is 11.8. The summed E-state index contributed by atoms with van der Waals surface area (Å²) < 4.78 is 49.7. The Morgan fingerprint density at radius 3 is 2.42 bits per heavy atom. The summed E-state index contributed by atoms with van der Waals surface area (Å²) in [6.45, 7) is 5.86. The van der Waals surface area contributed by atoms with Crippen LogP contribution in [-0.2, 0) is 15.8 Å². The van der Waals surface area contributed by atoms with Crippen LogP contribution in [0.2, 0.25) is 0 Å². The highest BCUT2D eigenvalue weighted by atomic mass is 19.4. The number of alkyl halides is 3. The molecule has 38 heavy (non-hydrogen) atoms. The van der Waals surface area contributed by atoms with Gasteiger partial charge in [0.2, 0.25) is 0 Å². The SMILES string of the molecule is CCN(CC)C(=O)C1=C(C)NC(=O)N[C@@H]1c1ccc(OCC(=O)Nc2cccc(C(F)(F)F)c2)c(OC)c1. The van der Waals surface area contributed by atoms with Crippen molar-refractivity contribution in [2.75, 3.05) is 32.1 Å². The Hall–Kier alpha value is -4.22. The van der Waals surface area contributed by atoms with Gasteiger partial charge in [0.1, 0.15) is 0 Å². The van der Waals surface area contributed by atoms with E-state index in [1.54, 1.807) is 24.0 Å². The number of rotatable bonds is 9. The molecule has 4 amide bonds. The standard InChI is InChI=1S/C26H29F3N4O5/c1-5-33(6-2)24(35)22-15(3)30-25(36)32-23(22)16-10-11-19(20(12-16)37-4)38-14-21(34)31-18-9-7-8-17(13-18)26(27,28)29/h7-13,23H,5-6,14H2,1-4H3,(H,31,34)(H2,30,32,36)/t23-/m1/s1. The molecule has 0 aliphatic carbocycles. The van der Waals surface area contributed by atoms with Gasteiger partial charge < -0.3 is 30.3 Å². The summed E-state index contributed by atoms with van der Waals surface area (Å²) in [7, 11) is 1.39. The topological polar surface area (TPSA) is 109 Å². The summed E-state index contributed by atoms with van der Waals surface area (Å²) in [5, 5.41) is 7.77. The number of nitrogens with zero attached hydrogens (tertiary/aromatic N) is 1. The van der Waals surface area contributed by atoms with Crippen molar-refractivity contribution >= 4 is 23.5 Å². The Balaban J connectivity index is 1.78. The fourth-order valence-electron chi connectivity index (χ4n) is 4.01. The van der Waals surface area contributed by atoms with Gasteiger partial charge in [-0.15, -0.1) is 0 Å². The second kappa shape index (κ2) is 11.9. The zero-order valence-electron chi connectivity index (χ0n) is 21.4. The fourth-order valence-corrected chi connectivity index (χ4v) is 4.01. The molecule has 9 nitrogen and oxygen atoms in total. The molecule has 1 aliphatic heterocycles. The lowest BCUT2D eigenvalue weighted by Gasteiger charge is -2.32. The van der Waals surface area contributed by atoms with Crippen LogP contribution >= 0.6 is 0 Å². The van der Waals surface area contributed by atoms with Gasteiger partial charge >= 0.3 is 12.2 Å². The van der Waals surface area contributed by atoms with E-state index in [2.05, 4.69) is 16.0 Å². The van der Waals surface area contributed by atoms with Crippen LogP contribution in [0.4, 0.5) is 23.7 Å². The van der Waals surface area contributed by atoms with Gasteiger partial charge in [0.15, 0.2) is 18.1 Å². The smallest absolute Gasteiger partial charge is 0.416 e. The summed E-state index contributed by atoms with van der Waals surface area (Å²) in [4.78, 5) is 39.4. The predicted molar refractivity (Wildman–Crippen MR) is 134 cm³/mol. The number of ether oxygens (including phenoxy) is 2. The van der Waals surface area contributed by atoms with Gasteiger partial charge in [-0.1, -0.05) is 12.1 Å². The third-order valence-corrected chi connectivity index (χ3v) is 5.90. The zero-order chi connectivity index (χ0) is 28.0. The van der Waals surface area contributed by atoms with Gasteiger partial charge in [-0.25, -0.2) is 4.79 Å². The lowest BCUT2D eigenvalue weighted by molar-refractivity contribution is -0.137. The second-order valence-electron chi connectivity index (χ2n) is 8.37. The Bertz CT molecular complexity index is 1240. The maximum absolute atomic E-state index is 13.2. The number of carbonyl (C=O) groups is 3. The van der Waals surface area contributed by atoms with E-state index in [0.29, 0.717) is 29.9 Å². The van der Waals surface area contributed by atoms with Crippen molar-refractivity contribution in [3.8, 4) is 11.5 Å². The van der Waals surface area contributed by atoms with Crippen LogP contribution in [0.5, 0.6) is 11.5 Å². The van der Waals surface area contributed by atoms with Gasteiger partial charge in [-0.2, -0.15) is 13.2 Å². The Morgan fingerprint density at radius 2 is 1.79 bits per heavy atom. The molecule has 3 N–H and O–H groups in total. The number of likely N-dealkylation sites (N-methyl/N-ethyl adjacent to an activating group) is 1. The number of urea groups is 1. The zero-order valence-corrected chi connectivity index (χ0v) is 21.4. The Morgan fingerprint density at radius 1 is 1.08 bits per heavy atom. The minimum Gasteiger partial charge on any atom is -0.493 e. The second-order valence-corrected chi connectivity index (χ2v) is 8.37. The van der Waals surface area contributed by atoms with Crippen molar-refractivity contribution in [3.63, 3.8) is 0 Å². The summed E-state index contributed by atoms with van der Waals surface area (Å²) >= 11 is 0. The highest BCUT2D eigenvalue weighted by Gasteiger charge is 2.33. The van der Waals surface area contributed by atoms with E-state index in [0.717, 1.165) is 12.1 Å². The molecule has 1 aliphatic rings. The largest absolute Gasteiger partial charge is 0.493 e. The fraction of sp³-hybridized carbons (Fsp3) is 0.346. The third-order valence-electron chi connectivity index (χ3n) is 5.90. The van der Waals surface area contributed by atoms with Crippen molar-refractivity contribution in [1.29, 1.82) is 0 Å². The van der Waals surface area contributed by atoms with Crippen molar-refractivity contribution < 1.29 is 37.0 Å². The normalized spacial score (nSPS) is 15.3. The Labute approximate surface area is 218 Å². The average Bonchev–Trinajstić information content (AvgIpc) is 2.87. The third kappa shape index (κ3) is 6.55. The molecular weight excluding hydrogens is 505 g/mol. The number of halogens is 3. The van der Waals surface area contributed by atoms with Crippen LogP contribution < -0.4 is 25.4 Å². The summed E-state index contributed by atoms with van der Waals surface area (Å²) in [6, 6.07) is 7.76. The average molecular weight is 535 g/mol. The molecule has 0 unspecified atom stereocenters. The molecule has 12 heteroatoms. The van der Waals surface area contributed by atoms with Crippen molar-refractivity contribution in [1.82, 2.24) is 15.5 Å². The number of allylic oxidation sites excluding steroid dienone is 1. The number of amides is 4. The van der Waals surface area contributed by atoms with Crippen LogP contribution in [0.1, 0.15) is 37.9 Å². The molecule has 1 heterocycles. The van der Waals surface area contributed by atoms with E-state index < -0.39 is 36.3 Å². The maximum atomic E-state index is 13.2. The molecule has 0 bridgehead atoms. The maximum Gasteiger partial charge on any atom is 0.416 e. The number of hydrogen-bond acceptors (Lipinski definition) is 5. The number of methoxy groups -OCH3 is 1. The molecule has 0 aromatic heterocycles. The molecule has 0 fully saturated rings. The van der Waals surface area contributed by atoms with Crippen molar-refractivity contribution in [3.05, 3.63) is 64.9 Å². The van der Waals surface area contributed by atoms with Crippen LogP contribution in [0, 0.1) is 0 Å². The molecule has 0 saturated carbocycles. The lowest BCUT2D eigenvalue weighted by atomic mass is 9.94. The predicted octanol–water partition coefficient (Wildman–Crippen LogP) is 4.23. The minimum absolute atomic E-state index is 0.0232. The molecule has 204 valence electrons. The van der Waals surface area contributed by atoms with Gasteiger partial charge in [0, 0.05) is 24.5 Å². The van der Waals surface area contributed by atoms with Crippen molar-refractivity contribution in [2.45, 2.75) is 33.0 Å². The van der Waals surface area contributed by atoms with E-state index in [-0.39, 0.29) is 23.1 Å². The van der Waals surface area contributed by atoms with Crippen LogP contribution in [-0.4, -0.2) is 49.6 Å². The van der Waals surface area contributed by atoms with Crippen LogP contribution in [0.25, 0.3) is 0 Å². The first kappa shape index (κ1) is 28.4. The number of carbonyl (C=O) groups excluding carboxylic acids is 3. The van der Waals surface area contributed by atoms with E-state index in [1.165, 1.54) is 25.3 Å². The van der Waals surface area contributed by atoms with Gasteiger partial charge in [0.25, 0.3) is 11.8 Å². The van der Waals surface area contributed by atoms with E-state index >= 15 is 0 Å². The molecule has 1 atom stereocenters. The molecule has 0 spiro atoms. The monoisotopic (exact) mass is 534 g/mol. The summed E-state index contributed by atoms with van der Waals surface area (Å²) in [5.41, 5.74) is 0.449. The van der Waals surface area contributed by atoms with Crippen molar-refractivity contribution in [2.24, 2.45) is 0 Å². The quantitative estimate of drug-likeness (QED) is 0.446. The van der Waals surface area contributed by atoms with Gasteiger partial charge in [-0.05, 0) is 56.7 Å². The van der Waals surface area contributed by atoms with E-state index in [4.69, 9.17) is 9.47 Å². The first-order valence-corrected chi connectivity index (χ1v) is 11.8. The molecule has 3 rings (SSSR count). The van der Waals surface area contributed by atoms with Crippen LogP contribution in [0.15, 0.2) is 53.7 Å². The van der Waals surface area contributed by atoms with E-state index in [9.17, 15) is 27.6 Å². The molecule has 0 radical (unpaired) electrons.